The monoisotopic (exact) mass is 335 g/mol. The Hall–Kier alpha value is -1.64. The van der Waals surface area contributed by atoms with Gasteiger partial charge in [0.2, 0.25) is 0 Å². The van der Waals surface area contributed by atoms with Crippen LogP contribution in [0.3, 0.4) is 0 Å². The fourth-order valence-corrected chi connectivity index (χ4v) is 3.07. The molecule has 0 aromatic carbocycles. The molecular formula is C15H21N5O2S. The van der Waals surface area contributed by atoms with Gasteiger partial charge < -0.3 is 15.6 Å². The molecule has 3 rings (SSSR count). The lowest BCUT2D eigenvalue weighted by molar-refractivity contribution is -0.00379. The first-order chi connectivity index (χ1) is 11.2. The highest BCUT2D eigenvalue weighted by Gasteiger charge is 2.36. The summed E-state index contributed by atoms with van der Waals surface area (Å²) in [7, 11) is 0. The molecule has 1 aliphatic heterocycles. The van der Waals surface area contributed by atoms with Crippen molar-refractivity contribution < 1.29 is 9.84 Å². The molecule has 3 atom stereocenters. The number of nitrogen functional groups attached to an aromatic ring is 1. The molecule has 124 valence electrons. The third-order valence-electron chi connectivity index (χ3n) is 3.93. The fourth-order valence-electron chi connectivity index (χ4n) is 2.74. The SMILES string of the molecule is CCCC=Cc1nc2c(N)ncnc2n1[C@H]1C[C@H](O)[C@@H](CS)O1. The number of hydrogen-bond donors (Lipinski definition) is 3. The van der Waals surface area contributed by atoms with Crippen molar-refractivity contribution in [2.45, 2.75) is 44.6 Å². The second kappa shape index (κ2) is 6.86. The number of aliphatic hydroxyl groups excluding tert-OH is 1. The van der Waals surface area contributed by atoms with E-state index in [0.717, 1.165) is 12.8 Å². The number of allylic oxidation sites excluding steroid dienone is 1. The first-order valence-corrected chi connectivity index (χ1v) is 8.38. The summed E-state index contributed by atoms with van der Waals surface area (Å²) < 4.78 is 7.80. The molecule has 0 radical (unpaired) electrons. The van der Waals surface area contributed by atoms with Crippen LogP contribution in [0.2, 0.25) is 0 Å². The summed E-state index contributed by atoms with van der Waals surface area (Å²) in [4.78, 5) is 12.9. The van der Waals surface area contributed by atoms with Crippen molar-refractivity contribution >= 4 is 35.7 Å². The van der Waals surface area contributed by atoms with Crippen LogP contribution in [0.25, 0.3) is 17.2 Å². The van der Waals surface area contributed by atoms with Gasteiger partial charge in [0.1, 0.15) is 18.4 Å². The van der Waals surface area contributed by atoms with E-state index in [0.29, 0.717) is 35.0 Å². The Morgan fingerprint density at radius 2 is 2.35 bits per heavy atom. The number of rotatable bonds is 5. The Kier molecular flexibility index (Phi) is 4.84. The summed E-state index contributed by atoms with van der Waals surface area (Å²) in [6.45, 7) is 2.12. The molecule has 2 aromatic heterocycles. The highest BCUT2D eigenvalue weighted by Crippen LogP contribution is 2.33. The van der Waals surface area contributed by atoms with Crippen molar-refractivity contribution in [3.8, 4) is 0 Å². The number of nitrogens with zero attached hydrogens (tertiary/aromatic N) is 4. The number of aromatic nitrogens is 4. The molecule has 3 heterocycles. The van der Waals surface area contributed by atoms with Crippen LogP contribution < -0.4 is 5.73 Å². The summed E-state index contributed by atoms with van der Waals surface area (Å²) >= 11 is 4.23. The van der Waals surface area contributed by atoms with Gasteiger partial charge in [0.25, 0.3) is 0 Å². The second-order valence-corrected chi connectivity index (χ2v) is 5.94. The van der Waals surface area contributed by atoms with Crippen LogP contribution in [0.4, 0.5) is 5.82 Å². The van der Waals surface area contributed by atoms with Crippen molar-refractivity contribution in [2.24, 2.45) is 0 Å². The standard InChI is InChI=1S/C15H21N5O2S/c1-2-3-4-5-11-19-13-14(16)17-8-18-15(13)20(11)12-6-9(21)10(7-23)22-12/h4-5,8-10,12,21,23H,2-3,6-7H2,1H3,(H2,16,17,18)/t9-,10+,12+/m0/s1. The first-order valence-electron chi connectivity index (χ1n) is 7.75. The Labute approximate surface area is 140 Å². The highest BCUT2D eigenvalue weighted by atomic mass is 32.1. The predicted octanol–water partition coefficient (Wildman–Crippen LogP) is 1.80. The zero-order valence-corrected chi connectivity index (χ0v) is 13.9. The number of anilines is 1. The van der Waals surface area contributed by atoms with Gasteiger partial charge in [-0.3, -0.25) is 4.57 Å². The number of unbranched alkanes of at least 4 members (excludes halogenated alkanes) is 1. The average Bonchev–Trinajstić information content (AvgIpc) is 3.08. The molecule has 2 aromatic rings. The van der Waals surface area contributed by atoms with E-state index in [9.17, 15) is 5.11 Å². The van der Waals surface area contributed by atoms with E-state index in [-0.39, 0.29) is 12.3 Å². The Bertz CT molecular complexity index is 717. The Morgan fingerprint density at radius 1 is 1.52 bits per heavy atom. The van der Waals surface area contributed by atoms with Crippen LogP contribution in [0.1, 0.15) is 38.2 Å². The number of fused-ring (bicyclic) bond motifs is 1. The van der Waals surface area contributed by atoms with Gasteiger partial charge in [0.05, 0.1) is 12.2 Å². The summed E-state index contributed by atoms with van der Waals surface area (Å²) in [6, 6.07) is 0. The van der Waals surface area contributed by atoms with Crippen LogP contribution >= 0.6 is 12.6 Å². The maximum absolute atomic E-state index is 10.1. The molecule has 0 aliphatic carbocycles. The van der Waals surface area contributed by atoms with Gasteiger partial charge >= 0.3 is 0 Å². The third-order valence-corrected chi connectivity index (χ3v) is 4.29. The normalized spacial score (nSPS) is 24.9. The molecule has 0 spiro atoms. The average molecular weight is 335 g/mol. The van der Waals surface area contributed by atoms with Crippen molar-refractivity contribution in [1.82, 2.24) is 19.5 Å². The van der Waals surface area contributed by atoms with E-state index in [1.54, 1.807) is 0 Å². The lowest BCUT2D eigenvalue weighted by atomic mass is 10.2. The van der Waals surface area contributed by atoms with Gasteiger partial charge in [-0.05, 0) is 12.5 Å². The van der Waals surface area contributed by atoms with E-state index in [2.05, 4.69) is 40.6 Å². The largest absolute Gasteiger partial charge is 0.390 e. The van der Waals surface area contributed by atoms with Gasteiger partial charge in [0.15, 0.2) is 17.0 Å². The minimum Gasteiger partial charge on any atom is -0.390 e. The van der Waals surface area contributed by atoms with Crippen molar-refractivity contribution in [3.05, 3.63) is 18.2 Å². The van der Waals surface area contributed by atoms with E-state index < -0.39 is 6.10 Å². The van der Waals surface area contributed by atoms with Crippen molar-refractivity contribution in [3.63, 3.8) is 0 Å². The molecular weight excluding hydrogens is 314 g/mol. The molecule has 3 N–H and O–H groups in total. The number of nitrogens with two attached hydrogens (primary N) is 1. The minimum atomic E-state index is -0.554. The highest BCUT2D eigenvalue weighted by molar-refractivity contribution is 7.80. The zero-order chi connectivity index (χ0) is 16.4. The minimum absolute atomic E-state index is 0.299. The molecule has 1 saturated heterocycles. The maximum Gasteiger partial charge on any atom is 0.168 e. The molecule has 23 heavy (non-hydrogen) atoms. The van der Waals surface area contributed by atoms with Crippen LogP contribution in [-0.2, 0) is 4.74 Å². The van der Waals surface area contributed by atoms with Crippen molar-refractivity contribution in [2.75, 3.05) is 11.5 Å². The predicted molar refractivity (Wildman–Crippen MR) is 92.1 cm³/mol. The molecule has 1 aliphatic rings. The van der Waals surface area contributed by atoms with Crippen LogP contribution in [0, 0.1) is 0 Å². The number of ether oxygens (including phenoxy) is 1. The zero-order valence-electron chi connectivity index (χ0n) is 13.0. The second-order valence-electron chi connectivity index (χ2n) is 5.58. The fraction of sp³-hybridized carbons (Fsp3) is 0.533. The van der Waals surface area contributed by atoms with Gasteiger partial charge in [0, 0.05) is 12.2 Å². The van der Waals surface area contributed by atoms with Crippen molar-refractivity contribution in [1.29, 1.82) is 0 Å². The van der Waals surface area contributed by atoms with Crippen LogP contribution in [0.15, 0.2) is 12.4 Å². The summed E-state index contributed by atoms with van der Waals surface area (Å²) in [6.07, 6.45) is 6.69. The topological polar surface area (TPSA) is 99.1 Å². The number of hydrogen-bond acceptors (Lipinski definition) is 7. The molecule has 1 fully saturated rings. The van der Waals surface area contributed by atoms with Gasteiger partial charge in [-0.15, -0.1) is 0 Å². The summed E-state index contributed by atoms with van der Waals surface area (Å²) in [5.41, 5.74) is 7.09. The van der Waals surface area contributed by atoms with E-state index >= 15 is 0 Å². The maximum atomic E-state index is 10.1. The number of aliphatic hydroxyl groups is 1. The molecule has 0 amide bonds. The van der Waals surface area contributed by atoms with E-state index in [1.165, 1.54) is 6.33 Å². The van der Waals surface area contributed by atoms with E-state index in [1.807, 2.05) is 10.6 Å². The van der Waals surface area contributed by atoms with Crippen LogP contribution in [0.5, 0.6) is 0 Å². The van der Waals surface area contributed by atoms with Gasteiger partial charge in [-0.2, -0.15) is 12.6 Å². The lowest BCUT2D eigenvalue weighted by Crippen LogP contribution is -2.22. The Balaban J connectivity index is 2.06. The number of imidazole rings is 1. The first kappa shape index (κ1) is 16.2. The third kappa shape index (κ3) is 3.06. The molecule has 8 heteroatoms. The summed E-state index contributed by atoms with van der Waals surface area (Å²) in [5, 5.41) is 10.1. The molecule has 0 unspecified atom stereocenters. The lowest BCUT2D eigenvalue weighted by Gasteiger charge is -2.15. The molecule has 7 nitrogen and oxygen atoms in total. The van der Waals surface area contributed by atoms with E-state index in [4.69, 9.17) is 10.5 Å². The van der Waals surface area contributed by atoms with Gasteiger partial charge in [-0.25, -0.2) is 15.0 Å². The summed E-state index contributed by atoms with van der Waals surface area (Å²) in [5.74, 6) is 1.50. The molecule has 0 saturated carbocycles. The Morgan fingerprint density at radius 3 is 3.04 bits per heavy atom. The van der Waals surface area contributed by atoms with Gasteiger partial charge in [-0.1, -0.05) is 19.4 Å². The smallest absolute Gasteiger partial charge is 0.168 e. The van der Waals surface area contributed by atoms with Crippen LogP contribution in [-0.4, -0.2) is 42.6 Å². The quantitative estimate of drug-likeness (QED) is 0.721. The molecule has 0 bridgehead atoms. The number of thiol groups is 1.